The van der Waals surface area contributed by atoms with E-state index in [9.17, 15) is 18.0 Å². The van der Waals surface area contributed by atoms with Gasteiger partial charge in [0.25, 0.3) is 5.91 Å². The third-order valence-corrected chi connectivity index (χ3v) is 6.57. The van der Waals surface area contributed by atoms with Crippen molar-refractivity contribution in [3.8, 4) is 0 Å². The second-order valence-electron chi connectivity index (χ2n) is 6.36. The molecule has 10 heteroatoms. The molecule has 27 heavy (non-hydrogen) atoms. The highest BCUT2D eigenvalue weighted by atomic mass is 32.2. The Labute approximate surface area is 161 Å². The van der Waals surface area contributed by atoms with Crippen LogP contribution < -0.4 is 5.32 Å². The number of nitrogens with zero attached hydrogens (tertiary/aromatic N) is 2. The number of sulfone groups is 1. The van der Waals surface area contributed by atoms with E-state index < -0.39 is 34.4 Å². The van der Waals surface area contributed by atoms with Crippen molar-refractivity contribution < 1.29 is 22.7 Å². The van der Waals surface area contributed by atoms with E-state index >= 15 is 0 Å². The Morgan fingerprint density at radius 3 is 2.85 bits per heavy atom. The predicted octanol–water partition coefficient (Wildman–Crippen LogP) is 0.746. The summed E-state index contributed by atoms with van der Waals surface area (Å²) in [6.45, 7) is -0.471. The lowest BCUT2D eigenvalue weighted by Crippen LogP contribution is -2.38. The number of rotatable bonds is 7. The summed E-state index contributed by atoms with van der Waals surface area (Å²) in [6.07, 6.45) is 2.34. The van der Waals surface area contributed by atoms with Gasteiger partial charge in [-0.1, -0.05) is 12.1 Å². The average molecular weight is 412 g/mol. The molecule has 1 aliphatic heterocycles. The molecule has 0 spiro atoms. The molecule has 1 N–H and O–H groups in total. The Balaban J connectivity index is 1.57. The largest absolute Gasteiger partial charge is 0.454 e. The summed E-state index contributed by atoms with van der Waals surface area (Å²) < 4.78 is 29.7. The SMILES string of the molecule is CSCc1nc2ccccc2n1CC(=O)OCC(=O)N[C@H]1CCS(=O)(=O)C1. The van der Waals surface area contributed by atoms with Crippen molar-refractivity contribution in [2.45, 2.75) is 24.8 Å². The number of aromatic nitrogens is 2. The Morgan fingerprint density at radius 1 is 1.37 bits per heavy atom. The van der Waals surface area contributed by atoms with Gasteiger partial charge in [-0.25, -0.2) is 13.4 Å². The van der Waals surface area contributed by atoms with Crippen molar-refractivity contribution in [1.82, 2.24) is 14.9 Å². The molecule has 1 atom stereocenters. The van der Waals surface area contributed by atoms with Crippen LogP contribution in [0.5, 0.6) is 0 Å². The minimum absolute atomic E-state index is 0.0402. The zero-order valence-corrected chi connectivity index (χ0v) is 16.5. The highest BCUT2D eigenvalue weighted by molar-refractivity contribution is 7.97. The van der Waals surface area contributed by atoms with Gasteiger partial charge in [-0.15, -0.1) is 0 Å². The zero-order valence-electron chi connectivity index (χ0n) is 14.9. The van der Waals surface area contributed by atoms with Crippen LogP contribution >= 0.6 is 11.8 Å². The molecule has 0 unspecified atom stereocenters. The summed E-state index contributed by atoms with van der Waals surface area (Å²) in [5, 5.41) is 2.59. The molecule has 1 amide bonds. The molecule has 146 valence electrons. The van der Waals surface area contributed by atoms with Crippen LogP contribution in [0, 0.1) is 0 Å². The Kier molecular flexibility index (Phi) is 6.05. The standard InChI is InChI=1S/C17H21N3O5S2/c1-26-10-15-19-13-4-2-3-5-14(13)20(15)8-17(22)25-9-16(21)18-12-6-7-27(23,24)11-12/h2-5,12H,6-11H2,1H3,(H,18,21)/t12-/m0/s1. The van der Waals surface area contributed by atoms with Gasteiger partial charge in [-0.05, 0) is 24.8 Å². The molecule has 0 radical (unpaired) electrons. The summed E-state index contributed by atoms with van der Waals surface area (Å²) in [7, 11) is -3.07. The van der Waals surface area contributed by atoms with Crippen molar-refractivity contribution in [1.29, 1.82) is 0 Å². The Bertz CT molecular complexity index is 955. The van der Waals surface area contributed by atoms with Crippen LogP contribution in [0.3, 0.4) is 0 Å². The lowest BCUT2D eigenvalue weighted by Gasteiger charge is -2.12. The van der Waals surface area contributed by atoms with E-state index in [2.05, 4.69) is 10.3 Å². The number of para-hydroxylation sites is 2. The topological polar surface area (TPSA) is 107 Å². The molecule has 0 aliphatic carbocycles. The van der Waals surface area contributed by atoms with Gasteiger partial charge in [-0.3, -0.25) is 9.59 Å². The van der Waals surface area contributed by atoms with Crippen LogP contribution in [-0.2, 0) is 36.5 Å². The minimum Gasteiger partial charge on any atom is -0.454 e. The van der Waals surface area contributed by atoms with Crippen LogP contribution in [0.2, 0.25) is 0 Å². The number of amides is 1. The predicted molar refractivity (Wildman–Crippen MR) is 103 cm³/mol. The summed E-state index contributed by atoms with van der Waals surface area (Å²) >= 11 is 1.60. The number of ether oxygens (including phenoxy) is 1. The third-order valence-electron chi connectivity index (χ3n) is 4.26. The fourth-order valence-electron chi connectivity index (χ4n) is 3.04. The molecule has 2 heterocycles. The van der Waals surface area contributed by atoms with Crippen molar-refractivity contribution >= 4 is 44.5 Å². The lowest BCUT2D eigenvalue weighted by atomic mass is 10.2. The van der Waals surface area contributed by atoms with E-state index in [1.54, 1.807) is 16.3 Å². The van der Waals surface area contributed by atoms with Gasteiger partial charge in [0.05, 0.1) is 28.3 Å². The van der Waals surface area contributed by atoms with E-state index in [0.29, 0.717) is 12.2 Å². The molecule has 1 aromatic heterocycles. The maximum absolute atomic E-state index is 12.2. The quantitative estimate of drug-likeness (QED) is 0.670. The number of carbonyl (C=O) groups excluding carboxylic acids is 2. The first kappa shape index (κ1) is 19.7. The van der Waals surface area contributed by atoms with E-state index in [4.69, 9.17) is 4.74 Å². The van der Waals surface area contributed by atoms with Gasteiger partial charge in [0, 0.05) is 6.04 Å². The number of hydrogen-bond acceptors (Lipinski definition) is 7. The average Bonchev–Trinajstić information content (AvgIpc) is 3.13. The highest BCUT2D eigenvalue weighted by Gasteiger charge is 2.29. The first-order valence-electron chi connectivity index (χ1n) is 8.46. The number of benzene rings is 1. The summed E-state index contributed by atoms with van der Waals surface area (Å²) in [6, 6.07) is 7.11. The van der Waals surface area contributed by atoms with Crippen molar-refractivity contribution in [3.05, 3.63) is 30.1 Å². The number of nitrogens with one attached hydrogen (secondary N) is 1. The Hall–Kier alpha value is -2.07. The maximum Gasteiger partial charge on any atom is 0.326 e. The van der Waals surface area contributed by atoms with Crippen LogP contribution in [0.15, 0.2) is 24.3 Å². The second-order valence-corrected chi connectivity index (χ2v) is 9.46. The third kappa shape index (κ3) is 5.01. The molecule has 1 saturated heterocycles. The highest BCUT2D eigenvalue weighted by Crippen LogP contribution is 2.19. The van der Waals surface area contributed by atoms with E-state index in [1.807, 2.05) is 30.5 Å². The smallest absolute Gasteiger partial charge is 0.326 e. The second kappa shape index (κ2) is 8.30. The van der Waals surface area contributed by atoms with Crippen molar-refractivity contribution in [2.75, 3.05) is 24.4 Å². The van der Waals surface area contributed by atoms with Crippen LogP contribution in [0.1, 0.15) is 12.2 Å². The molecule has 3 rings (SSSR count). The minimum atomic E-state index is -3.07. The molecule has 1 fully saturated rings. The number of esters is 1. The normalized spacial score (nSPS) is 18.5. The van der Waals surface area contributed by atoms with E-state index in [0.717, 1.165) is 16.9 Å². The molecule has 1 aliphatic rings. The first-order valence-corrected chi connectivity index (χ1v) is 11.7. The Morgan fingerprint density at radius 2 is 2.15 bits per heavy atom. The van der Waals surface area contributed by atoms with Crippen LogP contribution in [0.4, 0.5) is 0 Å². The van der Waals surface area contributed by atoms with Gasteiger partial charge in [0.2, 0.25) is 0 Å². The molecule has 0 bridgehead atoms. The molecule has 0 saturated carbocycles. The van der Waals surface area contributed by atoms with E-state index in [-0.39, 0.29) is 18.1 Å². The summed E-state index contributed by atoms with van der Waals surface area (Å²) in [5.74, 6) is 0.384. The molecule has 2 aromatic rings. The number of fused-ring (bicyclic) bond motifs is 1. The lowest BCUT2D eigenvalue weighted by molar-refractivity contribution is -0.149. The van der Waals surface area contributed by atoms with Gasteiger partial charge in [0.1, 0.15) is 12.4 Å². The van der Waals surface area contributed by atoms with Crippen LogP contribution in [-0.4, -0.2) is 60.3 Å². The van der Waals surface area contributed by atoms with Gasteiger partial charge < -0.3 is 14.6 Å². The van der Waals surface area contributed by atoms with Gasteiger partial charge in [0.15, 0.2) is 16.4 Å². The number of imidazole rings is 1. The van der Waals surface area contributed by atoms with Gasteiger partial charge in [-0.2, -0.15) is 11.8 Å². The monoisotopic (exact) mass is 411 g/mol. The summed E-state index contributed by atoms with van der Waals surface area (Å²) in [5.41, 5.74) is 1.63. The molecular weight excluding hydrogens is 390 g/mol. The molecule has 8 nitrogen and oxygen atoms in total. The fraction of sp³-hybridized carbons (Fsp3) is 0.471. The number of hydrogen-bond donors (Lipinski definition) is 1. The molecule has 1 aromatic carbocycles. The maximum atomic E-state index is 12.2. The summed E-state index contributed by atoms with van der Waals surface area (Å²) in [4.78, 5) is 28.6. The van der Waals surface area contributed by atoms with Crippen LogP contribution in [0.25, 0.3) is 11.0 Å². The number of thioether (sulfide) groups is 1. The van der Waals surface area contributed by atoms with E-state index in [1.165, 1.54) is 0 Å². The number of carbonyl (C=O) groups is 2. The van der Waals surface area contributed by atoms with Crippen molar-refractivity contribution in [3.63, 3.8) is 0 Å². The van der Waals surface area contributed by atoms with Gasteiger partial charge >= 0.3 is 5.97 Å². The zero-order chi connectivity index (χ0) is 19.4. The molecular formula is C17H21N3O5S2. The fourth-order valence-corrected chi connectivity index (χ4v) is 5.19. The first-order chi connectivity index (χ1) is 12.9. The van der Waals surface area contributed by atoms with Crippen molar-refractivity contribution in [2.24, 2.45) is 0 Å².